The van der Waals surface area contributed by atoms with E-state index >= 15 is 0 Å². The van der Waals surface area contributed by atoms with Gasteiger partial charge in [0, 0.05) is 30.6 Å². The number of piperidine rings is 1. The highest BCUT2D eigenvalue weighted by atomic mass is 35.5. The average Bonchev–Trinajstić information content (AvgIpc) is 3.07. The van der Waals surface area contributed by atoms with E-state index in [4.69, 9.17) is 16.7 Å². The molecule has 1 aromatic carbocycles. The number of carbonyl (C=O) groups is 1. The Hall–Kier alpha value is -1.10. The molecule has 5 heteroatoms. The van der Waals surface area contributed by atoms with Crippen molar-refractivity contribution in [1.29, 1.82) is 0 Å². The fraction of sp³-hybridized carbons (Fsp3) is 0.632. The summed E-state index contributed by atoms with van der Waals surface area (Å²) < 4.78 is 0. The van der Waals surface area contributed by atoms with Gasteiger partial charge >= 0.3 is 5.97 Å². The molecule has 1 N–H and O–H groups in total. The fourth-order valence-corrected chi connectivity index (χ4v) is 4.49. The summed E-state index contributed by atoms with van der Waals surface area (Å²) in [6.45, 7) is 5.33. The van der Waals surface area contributed by atoms with Crippen LogP contribution < -0.4 is 0 Å². The molecule has 24 heavy (non-hydrogen) atoms. The number of carboxylic acid groups (broad SMARTS) is 1. The Morgan fingerprint density at radius 3 is 2.75 bits per heavy atom. The molecule has 0 aliphatic carbocycles. The highest BCUT2D eigenvalue weighted by molar-refractivity contribution is 6.30. The molecule has 2 aliphatic rings. The Kier molecular flexibility index (Phi) is 6.14. The van der Waals surface area contributed by atoms with Crippen molar-refractivity contribution in [2.24, 2.45) is 5.92 Å². The van der Waals surface area contributed by atoms with E-state index < -0.39 is 5.97 Å². The van der Waals surface area contributed by atoms with Crippen LogP contribution in [0.5, 0.6) is 0 Å². The molecule has 2 fully saturated rings. The Labute approximate surface area is 149 Å². The van der Waals surface area contributed by atoms with Crippen LogP contribution in [0.3, 0.4) is 0 Å². The predicted octanol–water partition coefficient (Wildman–Crippen LogP) is 3.49. The smallest absolute Gasteiger partial charge is 0.303 e. The average molecular weight is 351 g/mol. The Bertz CT molecular complexity index is 560. The zero-order chi connectivity index (χ0) is 16.9. The molecule has 132 valence electrons. The highest BCUT2D eigenvalue weighted by Gasteiger charge is 2.34. The van der Waals surface area contributed by atoms with Crippen molar-refractivity contribution in [1.82, 2.24) is 9.80 Å². The van der Waals surface area contributed by atoms with Crippen molar-refractivity contribution in [2.45, 2.75) is 44.7 Å². The number of nitrogens with zero attached hydrogens (tertiary/aromatic N) is 2. The molecule has 4 nitrogen and oxygen atoms in total. The van der Waals surface area contributed by atoms with E-state index in [-0.39, 0.29) is 6.42 Å². The van der Waals surface area contributed by atoms with Crippen molar-refractivity contribution in [3.8, 4) is 0 Å². The minimum absolute atomic E-state index is 0.278. The number of benzene rings is 1. The zero-order valence-electron chi connectivity index (χ0n) is 14.2. The van der Waals surface area contributed by atoms with Crippen LogP contribution in [0.2, 0.25) is 5.02 Å². The number of hydrogen-bond acceptors (Lipinski definition) is 3. The summed E-state index contributed by atoms with van der Waals surface area (Å²) in [4.78, 5) is 16.1. The molecule has 0 spiro atoms. The first-order valence-corrected chi connectivity index (χ1v) is 9.42. The van der Waals surface area contributed by atoms with E-state index in [1.165, 1.54) is 31.5 Å². The van der Waals surface area contributed by atoms with Crippen LogP contribution in [0.15, 0.2) is 24.3 Å². The van der Waals surface area contributed by atoms with E-state index in [1.54, 1.807) is 0 Å². The van der Waals surface area contributed by atoms with Crippen molar-refractivity contribution in [3.63, 3.8) is 0 Å². The monoisotopic (exact) mass is 350 g/mol. The summed E-state index contributed by atoms with van der Waals surface area (Å²) in [7, 11) is 0. The van der Waals surface area contributed by atoms with Gasteiger partial charge in [0.1, 0.15) is 0 Å². The van der Waals surface area contributed by atoms with Gasteiger partial charge in [-0.2, -0.15) is 0 Å². The third-order valence-corrected chi connectivity index (χ3v) is 5.65. The first kappa shape index (κ1) is 17.7. The second-order valence-electron chi connectivity index (χ2n) is 7.16. The van der Waals surface area contributed by atoms with Gasteiger partial charge in [-0.05, 0) is 68.9 Å². The molecule has 3 rings (SSSR count). The van der Waals surface area contributed by atoms with Crippen LogP contribution in [0.25, 0.3) is 0 Å². The SMILES string of the molecule is O=C(O)CC[C@@H]1CN(Cc2cccc(Cl)c2)CC[C@@H]1N1CCCC1. The molecule has 0 aromatic heterocycles. The second-order valence-corrected chi connectivity index (χ2v) is 7.59. The predicted molar refractivity (Wildman–Crippen MR) is 96.3 cm³/mol. The molecule has 0 saturated carbocycles. The molecular weight excluding hydrogens is 324 g/mol. The van der Waals surface area contributed by atoms with Gasteiger partial charge in [0.05, 0.1) is 0 Å². The molecule has 2 aliphatic heterocycles. The van der Waals surface area contributed by atoms with Crippen LogP contribution >= 0.6 is 11.6 Å². The first-order chi connectivity index (χ1) is 11.6. The number of halogens is 1. The maximum atomic E-state index is 11.0. The van der Waals surface area contributed by atoms with Gasteiger partial charge in [-0.25, -0.2) is 0 Å². The van der Waals surface area contributed by atoms with Crippen molar-refractivity contribution in [3.05, 3.63) is 34.9 Å². The molecule has 2 atom stereocenters. The molecule has 0 bridgehead atoms. The van der Waals surface area contributed by atoms with Crippen molar-refractivity contribution >= 4 is 17.6 Å². The lowest BCUT2D eigenvalue weighted by Gasteiger charge is -2.43. The Morgan fingerprint density at radius 2 is 2.04 bits per heavy atom. The lowest BCUT2D eigenvalue weighted by molar-refractivity contribution is -0.137. The standard InChI is InChI=1S/C19H27ClN2O2/c20-17-5-3-4-15(12-17)13-21-11-8-18(22-9-1-2-10-22)16(14-21)6-7-19(23)24/h3-5,12,16,18H,1-2,6-11,13-14H2,(H,23,24)/t16-,18+/m1/s1. The first-order valence-electron chi connectivity index (χ1n) is 9.04. The lowest BCUT2D eigenvalue weighted by Crippen LogP contribution is -2.50. The number of likely N-dealkylation sites (tertiary alicyclic amines) is 2. The van der Waals surface area contributed by atoms with Gasteiger partial charge in [0.2, 0.25) is 0 Å². The molecule has 0 radical (unpaired) electrons. The second kappa shape index (κ2) is 8.32. The van der Waals surface area contributed by atoms with E-state index in [1.807, 2.05) is 18.2 Å². The van der Waals surface area contributed by atoms with Gasteiger partial charge in [-0.3, -0.25) is 9.69 Å². The number of rotatable bonds is 6. The molecule has 1 aromatic rings. The number of carboxylic acids is 1. The van der Waals surface area contributed by atoms with Crippen molar-refractivity contribution < 1.29 is 9.90 Å². The van der Waals surface area contributed by atoms with Gasteiger partial charge in [0.25, 0.3) is 0 Å². The summed E-state index contributed by atoms with van der Waals surface area (Å²) in [5, 5.41) is 9.87. The minimum Gasteiger partial charge on any atom is -0.481 e. The Balaban J connectivity index is 1.63. The summed E-state index contributed by atoms with van der Waals surface area (Å²) >= 11 is 6.09. The quantitative estimate of drug-likeness (QED) is 0.852. The van der Waals surface area contributed by atoms with Crippen LogP contribution in [0.4, 0.5) is 0 Å². The summed E-state index contributed by atoms with van der Waals surface area (Å²) in [5.41, 5.74) is 1.24. The molecule has 2 saturated heterocycles. The third-order valence-electron chi connectivity index (χ3n) is 5.41. The zero-order valence-corrected chi connectivity index (χ0v) is 14.9. The van der Waals surface area contributed by atoms with E-state index in [2.05, 4.69) is 15.9 Å². The van der Waals surface area contributed by atoms with E-state index in [0.29, 0.717) is 12.0 Å². The van der Waals surface area contributed by atoms with Gasteiger partial charge in [0.15, 0.2) is 0 Å². The lowest BCUT2D eigenvalue weighted by atomic mass is 9.87. The van der Waals surface area contributed by atoms with Gasteiger partial charge in [-0.1, -0.05) is 23.7 Å². The normalized spacial score (nSPS) is 25.9. The van der Waals surface area contributed by atoms with E-state index in [9.17, 15) is 4.79 Å². The van der Waals surface area contributed by atoms with Gasteiger partial charge in [-0.15, -0.1) is 0 Å². The van der Waals surface area contributed by atoms with Gasteiger partial charge < -0.3 is 10.0 Å². The number of hydrogen-bond donors (Lipinski definition) is 1. The molecule has 0 unspecified atom stereocenters. The van der Waals surface area contributed by atoms with Crippen LogP contribution in [-0.2, 0) is 11.3 Å². The minimum atomic E-state index is -0.679. The van der Waals surface area contributed by atoms with Crippen molar-refractivity contribution in [2.75, 3.05) is 26.2 Å². The highest BCUT2D eigenvalue weighted by Crippen LogP contribution is 2.29. The fourth-order valence-electron chi connectivity index (χ4n) is 4.28. The molecule has 2 heterocycles. The molecule has 0 amide bonds. The number of aliphatic carboxylic acids is 1. The third kappa shape index (κ3) is 4.71. The maximum absolute atomic E-state index is 11.0. The topological polar surface area (TPSA) is 43.8 Å². The summed E-state index contributed by atoms with van der Waals surface area (Å²) in [6, 6.07) is 8.60. The summed E-state index contributed by atoms with van der Waals surface area (Å²) in [5.74, 6) is -0.228. The van der Waals surface area contributed by atoms with E-state index in [0.717, 1.165) is 37.5 Å². The largest absolute Gasteiger partial charge is 0.481 e. The molecular formula is C19H27ClN2O2. The maximum Gasteiger partial charge on any atom is 0.303 e. The van der Waals surface area contributed by atoms with Crippen LogP contribution in [0, 0.1) is 5.92 Å². The van der Waals surface area contributed by atoms with Crippen LogP contribution in [0.1, 0.15) is 37.7 Å². The Morgan fingerprint density at radius 1 is 1.25 bits per heavy atom. The van der Waals surface area contributed by atoms with Crippen LogP contribution in [-0.4, -0.2) is 53.1 Å². The summed E-state index contributed by atoms with van der Waals surface area (Å²) in [6.07, 6.45) is 4.77.